The molecule has 38 heavy (non-hydrogen) atoms. The van der Waals surface area contributed by atoms with Gasteiger partial charge in [-0.15, -0.1) is 6.58 Å². The molecule has 204 valence electrons. The van der Waals surface area contributed by atoms with Crippen LogP contribution >= 0.6 is 0 Å². The average molecular weight is 520 g/mol. The lowest BCUT2D eigenvalue weighted by Crippen LogP contribution is -2.42. The van der Waals surface area contributed by atoms with E-state index in [1.165, 1.54) is 5.56 Å². The fraction of sp³-hybridized carbons (Fsp3) is 0.452. The molecule has 0 radical (unpaired) electrons. The Bertz CT molecular complexity index is 1090. The summed E-state index contributed by atoms with van der Waals surface area (Å²) < 4.78 is 5.30. The molecule has 1 saturated heterocycles. The fourth-order valence-electron chi connectivity index (χ4n) is 4.76. The summed E-state index contributed by atoms with van der Waals surface area (Å²) in [6.45, 7) is 10.4. The van der Waals surface area contributed by atoms with Gasteiger partial charge in [-0.25, -0.2) is 4.79 Å². The Hall–Kier alpha value is -3.61. The largest absolute Gasteiger partial charge is 0.444 e. The third-order valence-corrected chi connectivity index (χ3v) is 6.54. The van der Waals surface area contributed by atoms with Gasteiger partial charge in [0.1, 0.15) is 5.60 Å². The van der Waals surface area contributed by atoms with Crippen molar-refractivity contribution in [3.63, 3.8) is 0 Å². The van der Waals surface area contributed by atoms with Crippen molar-refractivity contribution in [2.45, 2.75) is 70.9 Å². The third-order valence-electron chi connectivity index (χ3n) is 6.54. The van der Waals surface area contributed by atoms with Crippen molar-refractivity contribution in [2.24, 2.45) is 5.92 Å². The maximum Gasteiger partial charge on any atom is 0.412 e. The number of nitrogens with zero attached hydrogens (tertiary/aromatic N) is 1. The van der Waals surface area contributed by atoms with Crippen LogP contribution in [0.4, 0.5) is 10.5 Å². The van der Waals surface area contributed by atoms with Crippen LogP contribution in [0.15, 0.2) is 67.3 Å². The molecule has 7 nitrogen and oxygen atoms in total. The second-order valence-corrected chi connectivity index (χ2v) is 10.9. The molecule has 2 N–H and O–H groups in total. The summed E-state index contributed by atoms with van der Waals surface area (Å²) >= 11 is 0. The Morgan fingerprint density at radius 1 is 1.08 bits per heavy atom. The standard InChI is InChI=1S/C31H41N3O4/c1-5-11-25-21-27(34(29(25)36)19-10-15-23-12-7-6-8-13-23)22-32-28(35)18-17-24-14-9-16-26(20-24)33-30(37)38-31(2,3)4/h5-9,12-14,16,20,25,27H,1,10-11,15,17-19,21-22H2,2-4H3,(H,32,35)(H,33,37)/t25-,27+/m1/s1. The van der Waals surface area contributed by atoms with Crippen molar-refractivity contribution in [3.8, 4) is 0 Å². The van der Waals surface area contributed by atoms with E-state index in [-0.39, 0.29) is 23.8 Å². The second-order valence-electron chi connectivity index (χ2n) is 10.9. The molecule has 3 rings (SSSR count). The van der Waals surface area contributed by atoms with E-state index in [1.807, 2.05) is 62.1 Å². The molecule has 2 aromatic rings. The Labute approximate surface area is 226 Å². The number of nitrogens with one attached hydrogen (secondary N) is 2. The third kappa shape index (κ3) is 9.36. The first-order valence-corrected chi connectivity index (χ1v) is 13.5. The van der Waals surface area contributed by atoms with Crippen molar-refractivity contribution in [3.05, 3.63) is 78.4 Å². The van der Waals surface area contributed by atoms with Gasteiger partial charge in [0.15, 0.2) is 0 Å². The molecule has 2 aromatic carbocycles. The van der Waals surface area contributed by atoms with Crippen LogP contribution in [0.5, 0.6) is 0 Å². The van der Waals surface area contributed by atoms with Gasteiger partial charge < -0.3 is 15.0 Å². The maximum atomic E-state index is 13.0. The number of aryl methyl sites for hydroxylation is 2. The Kier molecular flexibility index (Phi) is 10.5. The molecule has 1 aliphatic rings. The van der Waals surface area contributed by atoms with Crippen molar-refractivity contribution < 1.29 is 19.1 Å². The first-order chi connectivity index (χ1) is 18.1. The summed E-state index contributed by atoms with van der Waals surface area (Å²) in [5.41, 5.74) is 2.25. The zero-order valence-electron chi connectivity index (χ0n) is 22.9. The topological polar surface area (TPSA) is 87.7 Å². The smallest absolute Gasteiger partial charge is 0.412 e. The van der Waals surface area contributed by atoms with Crippen LogP contribution in [-0.2, 0) is 27.2 Å². The molecule has 1 aliphatic heterocycles. The number of ether oxygens (including phenoxy) is 1. The van der Waals surface area contributed by atoms with E-state index in [0.717, 1.165) is 24.8 Å². The maximum absolute atomic E-state index is 13.0. The zero-order chi connectivity index (χ0) is 27.5. The molecule has 7 heteroatoms. The van der Waals surface area contributed by atoms with E-state index < -0.39 is 11.7 Å². The van der Waals surface area contributed by atoms with Crippen LogP contribution in [0.1, 0.15) is 57.6 Å². The van der Waals surface area contributed by atoms with E-state index >= 15 is 0 Å². The molecule has 1 fully saturated rings. The highest BCUT2D eigenvalue weighted by molar-refractivity contribution is 5.85. The fourth-order valence-corrected chi connectivity index (χ4v) is 4.76. The SMILES string of the molecule is C=CC[C@@H]1C[C@@H](CNC(=O)CCc2cccc(NC(=O)OC(C)(C)C)c2)N(CCCc2ccccc2)C1=O. The van der Waals surface area contributed by atoms with Crippen molar-refractivity contribution >= 4 is 23.6 Å². The van der Waals surface area contributed by atoms with Crippen LogP contribution in [0.2, 0.25) is 0 Å². The summed E-state index contributed by atoms with van der Waals surface area (Å²) in [4.78, 5) is 39.7. The molecule has 0 spiro atoms. The van der Waals surface area contributed by atoms with Gasteiger partial charge in [-0.3, -0.25) is 14.9 Å². The summed E-state index contributed by atoms with van der Waals surface area (Å²) in [7, 11) is 0. The van der Waals surface area contributed by atoms with Gasteiger partial charge in [-0.1, -0.05) is 48.5 Å². The summed E-state index contributed by atoms with van der Waals surface area (Å²) in [6, 6.07) is 17.7. The van der Waals surface area contributed by atoms with Crippen molar-refractivity contribution in [2.75, 3.05) is 18.4 Å². The molecule has 1 heterocycles. The molecular formula is C31H41N3O4. The number of rotatable bonds is 12. The van der Waals surface area contributed by atoms with Crippen LogP contribution in [0, 0.1) is 5.92 Å². The van der Waals surface area contributed by atoms with Gasteiger partial charge in [0.05, 0.1) is 0 Å². The first-order valence-electron chi connectivity index (χ1n) is 13.5. The second kappa shape index (κ2) is 13.8. The monoisotopic (exact) mass is 519 g/mol. The minimum atomic E-state index is -0.577. The number of benzene rings is 2. The summed E-state index contributed by atoms with van der Waals surface area (Å²) in [5, 5.41) is 5.77. The van der Waals surface area contributed by atoms with Gasteiger partial charge in [0.2, 0.25) is 11.8 Å². The number of carbonyl (C=O) groups excluding carboxylic acids is 3. The predicted octanol–water partition coefficient (Wildman–Crippen LogP) is 5.51. The number of likely N-dealkylation sites (tertiary alicyclic amines) is 1. The highest BCUT2D eigenvalue weighted by Crippen LogP contribution is 2.28. The van der Waals surface area contributed by atoms with Gasteiger partial charge >= 0.3 is 6.09 Å². The van der Waals surface area contributed by atoms with Crippen LogP contribution < -0.4 is 10.6 Å². The molecule has 0 unspecified atom stereocenters. The molecule has 3 amide bonds. The van der Waals surface area contributed by atoms with Crippen LogP contribution in [-0.4, -0.2) is 47.5 Å². The summed E-state index contributed by atoms with van der Waals surface area (Å²) in [5.74, 6) is 0.0391. The minimum absolute atomic E-state index is 0.00599. The Morgan fingerprint density at radius 2 is 1.82 bits per heavy atom. The number of hydrogen-bond acceptors (Lipinski definition) is 4. The van der Waals surface area contributed by atoms with Gasteiger partial charge in [-0.2, -0.15) is 0 Å². The normalized spacial score (nSPS) is 17.2. The molecule has 0 bridgehead atoms. The highest BCUT2D eigenvalue weighted by atomic mass is 16.6. The molecule has 0 aliphatic carbocycles. The molecule has 2 atom stereocenters. The van der Waals surface area contributed by atoms with Gasteiger partial charge in [0.25, 0.3) is 0 Å². The van der Waals surface area contributed by atoms with E-state index in [1.54, 1.807) is 12.1 Å². The number of allylic oxidation sites excluding steroid dienone is 1. The van der Waals surface area contributed by atoms with E-state index in [0.29, 0.717) is 38.0 Å². The van der Waals surface area contributed by atoms with E-state index in [2.05, 4.69) is 29.3 Å². The lowest BCUT2D eigenvalue weighted by atomic mass is 10.0. The Morgan fingerprint density at radius 3 is 2.53 bits per heavy atom. The zero-order valence-corrected chi connectivity index (χ0v) is 22.9. The lowest BCUT2D eigenvalue weighted by molar-refractivity contribution is -0.132. The van der Waals surface area contributed by atoms with Crippen LogP contribution in [0.25, 0.3) is 0 Å². The number of carbonyl (C=O) groups is 3. The average Bonchev–Trinajstić information content (AvgIpc) is 3.15. The van der Waals surface area contributed by atoms with Gasteiger partial charge in [-0.05, 0) is 76.1 Å². The Balaban J connectivity index is 1.48. The first kappa shape index (κ1) is 29.0. The molecular weight excluding hydrogens is 478 g/mol. The number of anilines is 1. The van der Waals surface area contributed by atoms with Gasteiger partial charge in [0, 0.05) is 37.2 Å². The number of amides is 3. The minimum Gasteiger partial charge on any atom is -0.444 e. The predicted molar refractivity (Wildman–Crippen MR) is 151 cm³/mol. The number of hydrogen-bond donors (Lipinski definition) is 2. The lowest BCUT2D eigenvalue weighted by Gasteiger charge is -2.25. The van der Waals surface area contributed by atoms with Crippen molar-refractivity contribution in [1.29, 1.82) is 0 Å². The highest BCUT2D eigenvalue weighted by Gasteiger charge is 2.38. The quantitative estimate of drug-likeness (QED) is 0.362. The summed E-state index contributed by atoms with van der Waals surface area (Å²) in [6.07, 6.45) is 5.34. The van der Waals surface area contributed by atoms with Crippen LogP contribution in [0.3, 0.4) is 0 Å². The van der Waals surface area contributed by atoms with E-state index in [9.17, 15) is 14.4 Å². The molecule has 0 aromatic heterocycles. The van der Waals surface area contributed by atoms with E-state index in [4.69, 9.17) is 4.74 Å². The van der Waals surface area contributed by atoms with Crippen molar-refractivity contribution in [1.82, 2.24) is 10.2 Å². The molecule has 0 saturated carbocycles.